The molecule has 18 N–H and O–H groups in total. The highest BCUT2D eigenvalue weighted by molar-refractivity contribution is 7.52. The molecule has 27 nitrogen and oxygen atoms in total. The lowest BCUT2D eigenvalue weighted by atomic mass is 9.99. The van der Waals surface area contributed by atoms with Gasteiger partial charge in [-0.2, -0.15) is 8.78 Å². The van der Waals surface area contributed by atoms with E-state index in [9.17, 15) is 76.3 Å². The number of rotatable bonds is 29. The fourth-order valence-electron chi connectivity index (χ4n) is 6.84. The van der Waals surface area contributed by atoms with Crippen LogP contribution in [-0.4, -0.2) is 147 Å². The smallest absolute Gasteiger partial charge is 0.399 e. The maximum Gasteiger partial charge on any atom is 0.399 e. The molecule has 0 aliphatic carbocycles. The normalized spacial score (nSPS) is 16.7. The third-order valence-corrected chi connectivity index (χ3v) is 11.8. The van der Waals surface area contributed by atoms with Crippen LogP contribution in [0.5, 0.6) is 0 Å². The van der Waals surface area contributed by atoms with E-state index in [2.05, 4.69) is 37.2 Å². The Balaban J connectivity index is 2.43. The van der Waals surface area contributed by atoms with Crippen LogP contribution in [0.3, 0.4) is 0 Å². The topological polar surface area (TPSA) is 460 Å². The molecule has 1 aromatic rings. The van der Waals surface area contributed by atoms with Crippen molar-refractivity contribution >= 4 is 72.6 Å². The molecule has 0 bridgehead atoms. The van der Waals surface area contributed by atoms with Crippen molar-refractivity contribution in [1.82, 2.24) is 42.5 Å². The number of aliphatic hydroxyl groups excluding tert-OH is 1. The van der Waals surface area contributed by atoms with Crippen LogP contribution in [0, 0.1) is 11.8 Å². The molecule has 1 aliphatic heterocycles. The summed E-state index contributed by atoms with van der Waals surface area (Å²) < 4.78 is 40.3. The lowest BCUT2D eigenvalue weighted by Crippen LogP contribution is -2.62. The van der Waals surface area contributed by atoms with Gasteiger partial charge in [0.15, 0.2) is 0 Å². The molecule has 1 aliphatic rings. The van der Waals surface area contributed by atoms with E-state index in [4.69, 9.17) is 27.0 Å². The Kier molecular flexibility index (Phi) is 23.0. The zero-order chi connectivity index (χ0) is 54.1. The zero-order valence-corrected chi connectivity index (χ0v) is 40.0. The van der Waals surface area contributed by atoms with Crippen molar-refractivity contribution in [3.05, 3.63) is 35.4 Å². The number of nitrogens with two attached hydrogens (primary N) is 3. The van der Waals surface area contributed by atoms with Crippen molar-refractivity contribution in [1.29, 1.82) is 0 Å². The van der Waals surface area contributed by atoms with Crippen LogP contribution >= 0.6 is 7.60 Å². The van der Waals surface area contributed by atoms with Gasteiger partial charge in [-0.25, -0.2) is 4.79 Å². The van der Waals surface area contributed by atoms with Gasteiger partial charge in [-0.05, 0) is 43.2 Å². The number of aliphatic carboxylic acids is 1. The van der Waals surface area contributed by atoms with Crippen LogP contribution in [0.4, 0.5) is 8.78 Å². The molecule has 30 heteroatoms. The number of carbonyl (C=O) groups is 11. The lowest BCUT2D eigenvalue weighted by Gasteiger charge is -2.29. The monoisotopic (exact) mass is 1030 g/mol. The second-order valence-corrected chi connectivity index (χ2v) is 18.9. The minimum absolute atomic E-state index is 0.0234. The number of alkyl halides is 2. The van der Waals surface area contributed by atoms with Crippen LogP contribution in [0.1, 0.15) is 77.3 Å². The Morgan fingerprint density at radius 3 is 1.55 bits per heavy atom. The predicted octanol–water partition coefficient (Wildman–Crippen LogP) is -4.99. The Bertz CT molecular complexity index is 2190. The summed E-state index contributed by atoms with van der Waals surface area (Å²) >= 11 is 0. The Labute approximate surface area is 404 Å². The molecule has 10 amide bonds. The van der Waals surface area contributed by atoms with Crippen LogP contribution in [-0.2, 0) is 69.4 Å². The summed E-state index contributed by atoms with van der Waals surface area (Å²) in [4.78, 5) is 160. The number of hydrogen-bond acceptors (Lipinski definition) is 14. The van der Waals surface area contributed by atoms with Crippen LogP contribution in [0.25, 0.3) is 0 Å². The molecule has 1 aromatic carbocycles. The van der Waals surface area contributed by atoms with Gasteiger partial charge < -0.3 is 79.7 Å². The third-order valence-electron chi connectivity index (χ3n) is 10.8. The Morgan fingerprint density at radius 2 is 1.11 bits per heavy atom. The molecule has 1 saturated heterocycles. The molecular weight excluding hydrogens is 971 g/mol. The third kappa shape index (κ3) is 18.9. The van der Waals surface area contributed by atoms with Gasteiger partial charge in [-0.1, -0.05) is 52.0 Å². The van der Waals surface area contributed by atoms with Crippen LogP contribution in [0.15, 0.2) is 24.3 Å². The molecule has 0 radical (unpaired) electrons. The lowest BCUT2D eigenvalue weighted by molar-refractivity contribution is -0.144. The van der Waals surface area contributed by atoms with Crippen molar-refractivity contribution in [2.24, 2.45) is 29.0 Å². The van der Waals surface area contributed by atoms with Crippen LogP contribution < -0.4 is 59.7 Å². The first-order chi connectivity index (χ1) is 32.9. The van der Waals surface area contributed by atoms with E-state index >= 15 is 0 Å². The van der Waals surface area contributed by atoms with E-state index < -0.39 is 183 Å². The van der Waals surface area contributed by atoms with Crippen molar-refractivity contribution in [2.45, 2.75) is 127 Å². The molecule has 0 unspecified atom stereocenters. The highest BCUT2D eigenvalue weighted by Crippen LogP contribution is 2.59. The molecule has 0 aromatic heterocycles. The maximum absolute atomic E-state index is 14.4. The molecule has 71 heavy (non-hydrogen) atoms. The van der Waals surface area contributed by atoms with E-state index in [0.29, 0.717) is 31.5 Å². The van der Waals surface area contributed by atoms with Gasteiger partial charge in [-0.3, -0.25) is 52.5 Å². The van der Waals surface area contributed by atoms with Gasteiger partial charge in [0.25, 0.3) is 0 Å². The number of carbonyl (C=O) groups excluding carboxylic acids is 10. The van der Waals surface area contributed by atoms with Crippen molar-refractivity contribution in [3.63, 3.8) is 0 Å². The van der Waals surface area contributed by atoms with Crippen LogP contribution in [0.2, 0.25) is 0 Å². The minimum atomic E-state index is -5.98. The first kappa shape index (κ1) is 60.4. The average Bonchev–Trinajstić information content (AvgIpc) is 3.81. The van der Waals surface area contributed by atoms with Crippen molar-refractivity contribution < 1.29 is 86.1 Å². The summed E-state index contributed by atoms with van der Waals surface area (Å²) in [5.74, 6) is -14.0. The molecule has 8 atom stereocenters. The number of nitrogens with one attached hydrogen (secondary N) is 8. The molecule has 0 spiro atoms. The minimum Gasteiger partial charge on any atom is -0.480 e. The molecule has 1 fully saturated rings. The molecule has 1 heterocycles. The van der Waals surface area contributed by atoms with E-state index in [1.165, 1.54) is 27.7 Å². The number of carboxylic acid groups (broad SMARTS) is 1. The number of primary amides is 3. The average molecular weight is 1030 g/mol. The second-order valence-electron chi connectivity index (χ2n) is 17.3. The van der Waals surface area contributed by atoms with Gasteiger partial charge in [0, 0.05) is 18.4 Å². The van der Waals surface area contributed by atoms with Crippen molar-refractivity contribution in [3.8, 4) is 0 Å². The Morgan fingerprint density at radius 1 is 0.662 bits per heavy atom. The number of aliphatic hydroxyl groups is 1. The van der Waals surface area contributed by atoms with E-state index in [-0.39, 0.29) is 5.56 Å². The summed E-state index contributed by atoms with van der Waals surface area (Å²) in [6, 6.07) is -9.34. The second kappa shape index (κ2) is 27.1. The SMILES string of the molecule is CC(C)[C@H](NC(=O)[C@H](CC(N)=O)NC(=O)[C@@H](NC(=O)[C@H](Cc1ccc(C(F)(F)P(=O)(O)O)cc1)NC(=O)[C@H](CO)NC(=O)[C@@H]1CCCN1)C(C)C)C(=O)N[C@@H](CCC(N)=O)C(=O)N[C@@H](CC(N)=O)C(=O)O. The highest BCUT2D eigenvalue weighted by Gasteiger charge is 2.50. The van der Waals surface area contributed by atoms with Gasteiger partial charge in [0.05, 0.1) is 25.5 Å². The number of halogens is 2. The maximum atomic E-state index is 14.4. The Hall–Kier alpha value is -6.68. The summed E-state index contributed by atoms with van der Waals surface area (Å²) in [5.41, 5.74) is 10.0. The largest absolute Gasteiger partial charge is 0.480 e. The summed E-state index contributed by atoms with van der Waals surface area (Å²) in [5, 5.41) is 38.4. The van der Waals surface area contributed by atoms with E-state index in [1.807, 2.05) is 5.32 Å². The quantitative estimate of drug-likeness (QED) is 0.0334. The molecule has 0 saturated carbocycles. The number of hydrogen-bond donors (Lipinski definition) is 15. The van der Waals surface area contributed by atoms with Gasteiger partial charge in [-0.15, -0.1) is 0 Å². The summed E-state index contributed by atoms with van der Waals surface area (Å²) in [7, 11) is -5.98. The highest BCUT2D eigenvalue weighted by atomic mass is 31.2. The van der Waals surface area contributed by atoms with Gasteiger partial charge in [0.1, 0.15) is 42.3 Å². The standard InChI is InChI=1S/C41H62F2N11O16P/c1-18(2)31(38(64)48-23(11-12-28(44)56)34(60)51-26(40(66)67)16-30(46)58)54-36(62)25(15-29(45)57)50-39(65)32(19(3)4)53-35(61)24(14-20-7-9-21(10-8-20)41(42,43)71(68,69)70)49-37(63)27(17-55)52-33(59)22-6-5-13-47-22/h7-10,18-19,22-27,31-32,47,55H,5-6,11-17H2,1-4H3,(H2,44,56)(H2,45,57)(H2,46,58)(H,48,64)(H,49,63)(H,50,65)(H,51,60)(H,52,59)(H,53,61)(H,54,62)(H,66,67)(H2,68,69,70)/t22-,23-,24-,25-,26-,27-,31-,32-/m0/s1. The predicted molar refractivity (Wildman–Crippen MR) is 241 cm³/mol. The number of carboxylic acids is 1. The first-order valence-corrected chi connectivity index (χ1v) is 23.6. The fourth-order valence-corrected chi connectivity index (χ4v) is 7.33. The van der Waals surface area contributed by atoms with E-state index in [1.54, 1.807) is 0 Å². The number of benzene rings is 1. The van der Waals surface area contributed by atoms with Gasteiger partial charge >= 0.3 is 19.2 Å². The molecule has 2 rings (SSSR count). The number of amides is 10. The zero-order valence-electron chi connectivity index (χ0n) is 39.1. The van der Waals surface area contributed by atoms with Gasteiger partial charge in [0.2, 0.25) is 59.1 Å². The van der Waals surface area contributed by atoms with Crippen molar-refractivity contribution in [2.75, 3.05) is 13.2 Å². The molecule has 396 valence electrons. The fraction of sp³-hybridized carbons (Fsp3) is 0.585. The van der Waals surface area contributed by atoms with E-state index in [0.717, 1.165) is 12.1 Å². The summed E-state index contributed by atoms with van der Waals surface area (Å²) in [6.45, 7) is 5.30. The summed E-state index contributed by atoms with van der Waals surface area (Å²) in [6.07, 6.45) is -2.22. The molecular formula is C41H62F2N11O16P. The first-order valence-electron chi connectivity index (χ1n) is 22.0.